The van der Waals surface area contributed by atoms with Crippen molar-refractivity contribution < 1.29 is 8.42 Å². The maximum absolute atomic E-state index is 12.6. The summed E-state index contributed by atoms with van der Waals surface area (Å²) in [6, 6.07) is 0.160. The Kier molecular flexibility index (Phi) is 4.07. The molecule has 0 atom stereocenters. The van der Waals surface area contributed by atoms with Gasteiger partial charge in [-0.2, -0.15) is 9.40 Å². The number of sulfonamides is 1. The van der Waals surface area contributed by atoms with Crippen LogP contribution in [0.3, 0.4) is 0 Å². The number of hydrogen-bond acceptors (Lipinski definition) is 3. The second-order valence-electron chi connectivity index (χ2n) is 5.34. The molecule has 1 heterocycles. The molecule has 1 saturated carbocycles. The van der Waals surface area contributed by atoms with Gasteiger partial charge in [-0.15, -0.1) is 0 Å². The van der Waals surface area contributed by atoms with Crippen molar-refractivity contribution in [3.05, 3.63) is 12.4 Å². The number of hydrogen-bond donors (Lipinski definition) is 1. The first kappa shape index (κ1) is 13.5. The van der Waals surface area contributed by atoms with Gasteiger partial charge in [-0.3, -0.25) is 5.10 Å². The largest absolute Gasteiger partial charge is 0.284 e. The van der Waals surface area contributed by atoms with Crippen molar-refractivity contribution >= 4 is 10.0 Å². The Balaban J connectivity index is 2.27. The van der Waals surface area contributed by atoms with E-state index in [4.69, 9.17) is 0 Å². The van der Waals surface area contributed by atoms with Crippen LogP contribution in [0.1, 0.15) is 39.5 Å². The number of H-pyrrole nitrogens is 1. The molecule has 1 aromatic rings. The third-order valence-electron chi connectivity index (χ3n) is 3.36. The van der Waals surface area contributed by atoms with Gasteiger partial charge < -0.3 is 0 Å². The van der Waals surface area contributed by atoms with Gasteiger partial charge >= 0.3 is 0 Å². The fraction of sp³-hybridized carbons (Fsp3) is 0.750. The maximum atomic E-state index is 12.6. The molecule has 0 unspecified atom stereocenters. The zero-order chi connectivity index (χ0) is 13.2. The zero-order valence-electron chi connectivity index (χ0n) is 11.0. The topological polar surface area (TPSA) is 66.1 Å². The van der Waals surface area contributed by atoms with Gasteiger partial charge in [-0.1, -0.05) is 26.7 Å². The molecule has 0 aromatic carbocycles. The summed E-state index contributed by atoms with van der Waals surface area (Å²) in [4.78, 5) is 0.273. The Morgan fingerprint density at radius 2 is 2.11 bits per heavy atom. The quantitative estimate of drug-likeness (QED) is 0.890. The highest BCUT2D eigenvalue weighted by molar-refractivity contribution is 7.89. The van der Waals surface area contributed by atoms with Crippen LogP contribution in [0.4, 0.5) is 0 Å². The lowest BCUT2D eigenvalue weighted by atomic mass is 10.2. The minimum absolute atomic E-state index is 0.160. The number of nitrogens with one attached hydrogen (secondary N) is 1. The van der Waals surface area contributed by atoms with Crippen LogP contribution in [-0.4, -0.2) is 35.5 Å². The number of nitrogens with zero attached hydrogens (tertiary/aromatic N) is 2. The molecule has 0 amide bonds. The lowest BCUT2D eigenvalue weighted by molar-refractivity contribution is 0.292. The first-order chi connectivity index (χ1) is 8.51. The summed E-state index contributed by atoms with van der Waals surface area (Å²) in [6.07, 6.45) is 7.04. The van der Waals surface area contributed by atoms with Gasteiger partial charge in [0.15, 0.2) is 0 Å². The van der Waals surface area contributed by atoms with E-state index in [1.807, 2.05) is 13.8 Å². The molecule has 0 aliphatic heterocycles. The smallest absolute Gasteiger partial charge is 0.246 e. The Morgan fingerprint density at radius 3 is 2.61 bits per heavy atom. The molecule has 1 aliphatic rings. The molecule has 1 aliphatic carbocycles. The first-order valence-electron chi connectivity index (χ1n) is 6.52. The maximum Gasteiger partial charge on any atom is 0.246 e. The monoisotopic (exact) mass is 271 g/mol. The number of rotatable bonds is 5. The van der Waals surface area contributed by atoms with Crippen LogP contribution in [0.25, 0.3) is 0 Å². The first-order valence-corrected chi connectivity index (χ1v) is 7.96. The van der Waals surface area contributed by atoms with Gasteiger partial charge in [0.05, 0.1) is 6.20 Å². The van der Waals surface area contributed by atoms with E-state index in [0.717, 1.165) is 25.7 Å². The summed E-state index contributed by atoms with van der Waals surface area (Å²) in [7, 11) is -3.40. The molecule has 6 heteroatoms. The summed E-state index contributed by atoms with van der Waals surface area (Å²) in [5.74, 6) is 0.326. The average Bonchev–Trinajstić information content (AvgIpc) is 2.98. The summed E-state index contributed by atoms with van der Waals surface area (Å²) in [6.45, 7) is 4.68. The second-order valence-corrected chi connectivity index (χ2v) is 7.23. The highest BCUT2D eigenvalue weighted by atomic mass is 32.2. The standard InChI is InChI=1S/C12H21N3O2S/c1-10(2)9-15(11-5-3-4-6-11)18(16,17)12-7-13-14-8-12/h7-8,10-11H,3-6,9H2,1-2H3,(H,13,14). The van der Waals surface area contributed by atoms with Crippen LogP contribution < -0.4 is 0 Å². The normalized spacial score (nSPS) is 18.0. The zero-order valence-corrected chi connectivity index (χ0v) is 11.8. The molecule has 0 saturated heterocycles. The van der Waals surface area contributed by atoms with E-state index in [2.05, 4.69) is 10.2 Å². The molecule has 0 bridgehead atoms. The van der Waals surface area contributed by atoms with Gasteiger partial charge in [-0.25, -0.2) is 8.42 Å². The molecule has 1 aromatic heterocycles. The number of aromatic nitrogens is 2. The van der Waals surface area contributed by atoms with E-state index in [1.54, 1.807) is 4.31 Å². The van der Waals surface area contributed by atoms with E-state index in [0.29, 0.717) is 12.5 Å². The molecule has 18 heavy (non-hydrogen) atoms. The minimum atomic E-state index is -3.40. The summed E-state index contributed by atoms with van der Waals surface area (Å²) >= 11 is 0. The van der Waals surface area contributed by atoms with Crippen LogP contribution in [-0.2, 0) is 10.0 Å². The average molecular weight is 271 g/mol. The van der Waals surface area contributed by atoms with Gasteiger partial charge in [0.1, 0.15) is 4.90 Å². The van der Waals surface area contributed by atoms with Crippen LogP contribution in [0.15, 0.2) is 17.3 Å². The van der Waals surface area contributed by atoms with Crippen LogP contribution in [0.2, 0.25) is 0 Å². The predicted molar refractivity (Wildman–Crippen MR) is 69.6 cm³/mol. The van der Waals surface area contributed by atoms with Crippen molar-refractivity contribution in [2.45, 2.75) is 50.5 Å². The lowest BCUT2D eigenvalue weighted by Crippen LogP contribution is -2.41. The molecule has 102 valence electrons. The summed E-state index contributed by atoms with van der Waals surface area (Å²) < 4.78 is 26.8. The summed E-state index contributed by atoms with van der Waals surface area (Å²) in [5.41, 5.74) is 0. The SMILES string of the molecule is CC(C)CN(C1CCCC1)S(=O)(=O)c1cn[nH]c1. The van der Waals surface area contributed by atoms with Gasteiger partial charge in [0.25, 0.3) is 0 Å². The Morgan fingerprint density at radius 1 is 1.44 bits per heavy atom. The van der Waals surface area contributed by atoms with Crippen LogP contribution in [0.5, 0.6) is 0 Å². The van der Waals surface area contributed by atoms with Crippen LogP contribution >= 0.6 is 0 Å². The van der Waals surface area contributed by atoms with Gasteiger partial charge in [0.2, 0.25) is 10.0 Å². The molecule has 0 spiro atoms. The van der Waals surface area contributed by atoms with Crippen molar-refractivity contribution in [1.29, 1.82) is 0 Å². The predicted octanol–water partition coefficient (Wildman–Crippen LogP) is 2.00. The van der Waals surface area contributed by atoms with Crippen molar-refractivity contribution in [2.75, 3.05) is 6.54 Å². The van der Waals surface area contributed by atoms with E-state index < -0.39 is 10.0 Å². The Hall–Kier alpha value is -0.880. The fourth-order valence-electron chi connectivity index (χ4n) is 2.51. The molecule has 2 rings (SSSR count). The van der Waals surface area contributed by atoms with E-state index in [-0.39, 0.29) is 10.9 Å². The van der Waals surface area contributed by atoms with Crippen molar-refractivity contribution in [3.63, 3.8) is 0 Å². The Labute approximate surface area is 109 Å². The molecule has 1 N–H and O–H groups in total. The van der Waals surface area contributed by atoms with Crippen molar-refractivity contribution in [1.82, 2.24) is 14.5 Å². The molecular formula is C12H21N3O2S. The molecule has 0 radical (unpaired) electrons. The highest BCUT2D eigenvalue weighted by Gasteiger charge is 2.33. The Bertz CT molecular complexity index is 462. The number of aromatic amines is 1. The van der Waals surface area contributed by atoms with E-state index in [1.165, 1.54) is 12.4 Å². The molecule has 5 nitrogen and oxygen atoms in total. The van der Waals surface area contributed by atoms with Gasteiger partial charge in [0, 0.05) is 18.8 Å². The third-order valence-corrected chi connectivity index (χ3v) is 5.24. The highest BCUT2D eigenvalue weighted by Crippen LogP contribution is 2.29. The van der Waals surface area contributed by atoms with E-state index in [9.17, 15) is 8.42 Å². The third kappa shape index (κ3) is 2.75. The van der Waals surface area contributed by atoms with Gasteiger partial charge in [-0.05, 0) is 18.8 Å². The molecular weight excluding hydrogens is 250 g/mol. The summed E-state index contributed by atoms with van der Waals surface area (Å²) in [5, 5.41) is 6.32. The van der Waals surface area contributed by atoms with Crippen molar-refractivity contribution in [2.24, 2.45) is 5.92 Å². The van der Waals surface area contributed by atoms with E-state index >= 15 is 0 Å². The fourth-order valence-corrected chi connectivity index (χ4v) is 4.27. The lowest BCUT2D eigenvalue weighted by Gasteiger charge is -2.29. The minimum Gasteiger partial charge on any atom is -0.284 e. The molecule has 1 fully saturated rings. The van der Waals surface area contributed by atoms with Crippen molar-refractivity contribution in [3.8, 4) is 0 Å². The second kappa shape index (κ2) is 5.40. The van der Waals surface area contributed by atoms with Crippen LogP contribution in [0, 0.1) is 5.92 Å².